The van der Waals surface area contributed by atoms with E-state index in [9.17, 15) is 4.79 Å². The number of ether oxygens (including phenoxy) is 1. The zero-order valence-corrected chi connectivity index (χ0v) is 14.0. The van der Waals surface area contributed by atoms with Crippen LogP contribution < -0.4 is 15.0 Å². The predicted octanol–water partition coefficient (Wildman–Crippen LogP) is 1.72. The van der Waals surface area contributed by atoms with E-state index in [1.54, 1.807) is 13.3 Å². The summed E-state index contributed by atoms with van der Waals surface area (Å²) in [6.07, 6.45) is 2.01. The highest BCUT2D eigenvalue weighted by atomic mass is 16.5. The molecule has 0 spiro atoms. The Morgan fingerprint density at radius 1 is 1.30 bits per heavy atom. The number of hydrogen-bond donors (Lipinski definition) is 1. The molecule has 0 aliphatic heterocycles. The van der Waals surface area contributed by atoms with Crippen molar-refractivity contribution in [2.75, 3.05) is 26.1 Å². The number of amides is 1. The van der Waals surface area contributed by atoms with Gasteiger partial charge in [-0.1, -0.05) is 12.1 Å². The minimum absolute atomic E-state index is 0.0616. The van der Waals surface area contributed by atoms with Crippen LogP contribution in [0.1, 0.15) is 17.0 Å². The quantitative estimate of drug-likeness (QED) is 0.879. The molecule has 0 fully saturated rings. The van der Waals surface area contributed by atoms with Crippen LogP contribution in [0.3, 0.4) is 0 Å². The number of aryl methyl sites for hydroxylation is 1. The second-order valence-electron chi connectivity index (χ2n) is 5.48. The summed E-state index contributed by atoms with van der Waals surface area (Å²) in [5.74, 6) is 2.17. The molecule has 0 saturated heterocycles. The Labute approximate surface area is 136 Å². The Hall–Kier alpha value is -2.63. The molecule has 1 aromatic carbocycles. The van der Waals surface area contributed by atoms with Crippen molar-refractivity contribution in [1.82, 2.24) is 15.3 Å². The number of hydrogen-bond acceptors (Lipinski definition) is 5. The van der Waals surface area contributed by atoms with Crippen LogP contribution >= 0.6 is 0 Å². The molecule has 2 aromatic rings. The second-order valence-corrected chi connectivity index (χ2v) is 5.48. The smallest absolute Gasteiger partial charge is 0.224 e. The lowest BCUT2D eigenvalue weighted by molar-refractivity contribution is -0.120. The fraction of sp³-hybridized carbons (Fsp3) is 0.353. The van der Waals surface area contributed by atoms with Gasteiger partial charge in [-0.15, -0.1) is 0 Å². The number of rotatable bonds is 6. The average molecular weight is 314 g/mol. The van der Waals surface area contributed by atoms with Crippen molar-refractivity contribution in [2.24, 2.45) is 0 Å². The molecule has 0 aliphatic rings. The number of benzene rings is 1. The standard InChI is InChI=1S/C17H22N4O2/c1-12-9-13(5-6-14(12)23-4)10-17(22)19-11-15-18-8-7-16(20-15)21(2)3/h5-9H,10-11H2,1-4H3,(H,19,22). The first kappa shape index (κ1) is 16.7. The minimum atomic E-state index is -0.0616. The predicted molar refractivity (Wildman–Crippen MR) is 89.6 cm³/mol. The molecule has 2 rings (SSSR count). The summed E-state index contributed by atoms with van der Waals surface area (Å²) < 4.78 is 5.22. The highest BCUT2D eigenvalue weighted by Crippen LogP contribution is 2.18. The van der Waals surface area contributed by atoms with Crippen LogP contribution in [0.4, 0.5) is 5.82 Å². The summed E-state index contributed by atoms with van der Waals surface area (Å²) >= 11 is 0. The second kappa shape index (κ2) is 7.58. The normalized spacial score (nSPS) is 10.3. The van der Waals surface area contributed by atoms with Crippen molar-refractivity contribution in [3.05, 3.63) is 47.4 Å². The lowest BCUT2D eigenvalue weighted by Gasteiger charge is -2.12. The zero-order valence-electron chi connectivity index (χ0n) is 14.0. The molecule has 122 valence electrons. The largest absolute Gasteiger partial charge is 0.496 e. The Bertz CT molecular complexity index is 686. The van der Waals surface area contributed by atoms with Crippen molar-refractivity contribution in [3.63, 3.8) is 0 Å². The van der Waals surface area contributed by atoms with E-state index in [0.717, 1.165) is 22.7 Å². The van der Waals surface area contributed by atoms with E-state index in [1.165, 1.54) is 0 Å². The Morgan fingerprint density at radius 3 is 2.74 bits per heavy atom. The number of methoxy groups -OCH3 is 1. The first-order valence-electron chi connectivity index (χ1n) is 7.39. The monoisotopic (exact) mass is 314 g/mol. The number of nitrogens with zero attached hydrogens (tertiary/aromatic N) is 3. The molecule has 23 heavy (non-hydrogen) atoms. The van der Waals surface area contributed by atoms with Crippen LogP contribution in [-0.4, -0.2) is 37.1 Å². The summed E-state index contributed by atoms with van der Waals surface area (Å²) in [4.78, 5) is 22.5. The maximum absolute atomic E-state index is 12.1. The summed E-state index contributed by atoms with van der Waals surface area (Å²) in [6.45, 7) is 2.27. The molecule has 6 heteroatoms. The van der Waals surface area contributed by atoms with Gasteiger partial charge in [-0.05, 0) is 30.2 Å². The lowest BCUT2D eigenvalue weighted by Crippen LogP contribution is -2.26. The van der Waals surface area contributed by atoms with Crippen molar-refractivity contribution < 1.29 is 9.53 Å². The van der Waals surface area contributed by atoms with Gasteiger partial charge in [-0.25, -0.2) is 9.97 Å². The van der Waals surface area contributed by atoms with Gasteiger partial charge in [0.2, 0.25) is 5.91 Å². The molecular weight excluding hydrogens is 292 g/mol. The Morgan fingerprint density at radius 2 is 2.09 bits per heavy atom. The summed E-state index contributed by atoms with van der Waals surface area (Å²) in [5, 5.41) is 2.85. The number of nitrogens with one attached hydrogen (secondary N) is 1. The van der Waals surface area contributed by atoms with Gasteiger partial charge in [-0.2, -0.15) is 0 Å². The third-order valence-corrected chi connectivity index (χ3v) is 3.42. The van der Waals surface area contributed by atoms with E-state index in [0.29, 0.717) is 18.8 Å². The first-order valence-corrected chi connectivity index (χ1v) is 7.39. The van der Waals surface area contributed by atoms with Crippen molar-refractivity contribution >= 4 is 11.7 Å². The fourth-order valence-electron chi connectivity index (χ4n) is 2.20. The van der Waals surface area contributed by atoms with E-state index in [1.807, 2.05) is 50.2 Å². The minimum Gasteiger partial charge on any atom is -0.496 e. The van der Waals surface area contributed by atoms with Crippen LogP contribution in [0.2, 0.25) is 0 Å². The number of aromatic nitrogens is 2. The average Bonchev–Trinajstić information content (AvgIpc) is 2.53. The van der Waals surface area contributed by atoms with Crippen LogP contribution in [0.25, 0.3) is 0 Å². The summed E-state index contributed by atoms with van der Waals surface area (Å²) in [6, 6.07) is 7.56. The van der Waals surface area contributed by atoms with Gasteiger partial charge in [0.15, 0.2) is 0 Å². The van der Waals surface area contributed by atoms with Gasteiger partial charge < -0.3 is 15.0 Å². The van der Waals surface area contributed by atoms with Crippen molar-refractivity contribution in [2.45, 2.75) is 19.9 Å². The topological polar surface area (TPSA) is 67.3 Å². The SMILES string of the molecule is COc1ccc(CC(=O)NCc2nccc(N(C)C)n2)cc1C. The molecule has 6 nitrogen and oxygen atoms in total. The third-order valence-electron chi connectivity index (χ3n) is 3.42. The molecular formula is C17H22N4O2. The number of carbonyl (C=O) groups excluding carboxylic acids is 1. The van der Waals surface area contributed by atoms with E-state index in [-0.39, 0.29) is 5.91 Å². The summed E-state index contributed by atoms with van der Waals surface area (Å²) in [7, 11) is 5.46. The highest BCUT2D eigenvalue weighted by molar-refractivity contribution is 5.78. The zero-order chi connectivity index (χ0) is 16.8. The lowest BCUT2D eigenvalue weighted by atomic mass is 10.1. The van der Waals surface area contributed by atoms with E-state index >= 15 is 0 Å². The molecule has 0 aliphatic carbocycles. The summed E-state index contributed by atoms with van der Waals surface area (Å²) in [5.41, 5.74) is 1.96. The number of carbonyl (C=O) groups is 1. The Kier molecular flexibility index (Phi) is 5.51. The molecule has 1 amide bonds. The molecule has 0 unspecified atom stereocenters. The van der Waals surface area contributed by atoms with E-state index < -0.39 is 0 Å². The maximum Gasteiger partial charge on any atom is 0.224 e. The van der Waals surface area contributed by atoms with E-state index in [4.69, 9.17) is 4.74 Å². The van der Waals surface area contributed by atoms with Gasteiger partial charge in [-0.3, -0.25) is 4.79 Å². The third kappa shape index (κ3) is 4.67. The van der Waals surface area contributed by atoms with Crippen LogP contribution in [-0.2, 0) is 17.8 Å². The van der Waals surface area contributed by atoms with Gasteiger partial charge >= 0.3 is 0 Å². The van der Waals surface area contributed by atoms with Crippen LogP contribution in [0.5, 0.6) is 5.75 Å². The van der Waals surface area contributed by atoms with Crippen molar-refractivity contribution in [3.8, 4) is 5.75 Å². The molecule has 1 heterocycles. The molecule has 0 bridgehead atoms. The first-order chi connectivity index (χ1) is 11.0. The molecule has 0 radical (unpaired) electrons. The van der Waals surface area contributed by atoms with Gasteiger partial charge in [0.05, 0.1) is 20.1 Å². The van der Waals surface area contributed by atoms with Crippen molar-refractivity contribution in [1.29, 1.82) is 0 Å². The fourth-order valence-corrected chi connectivity index (χ4v) is 2.20. The molecule has 1 N–H and O–H groups in total. The van der Waals surface area contributed by atoms with Gasteiger partial charge in [0.1, 0.15) is 17.4 Å². The Balaban J connectivity index is 1.92. The van der Waals surface area contributed by atoms with Gasteiger partial charge in [0, 0.05) is 20.3 Å². The van der Waals surface area contributed by atoms with Crippen LogP contribution in [0.15, 0.2) is 30.5 Å². The maximum atomic E-state index is 12.1. The molecule has 0 saturated carbocycles. The van der Waals surface area contributed by atoms with E-state index in [2.05, 4.69) is 15.3 Å². The molecule has 0 atom stereocenters. The highest BCUT2D eigenvalue weighted by Gasteiger charge is 2.07. The molecule has 1 aromatic heterocycles. The van der Waals surface area contributed by atoms with Gasteiger partial charge in [0.25, 0.3) is 0 Å². The van der Waals surface area contributed by atoms with Crippen LogP contribution in [0, 0.1) is 6.92 Å². The number of anilines is 1.